The van der Waals surface area contributed by atoms with Crippen LogP contribution in [-0.2, 0) is 10.0 Å². The van der Waals surface area contributed by atoms with E-state index in [1.807, 2.05) is 12.1 Å². The Balaban J connectivity index is 1.94. The molecule has 0 radical (unpaired) electrons. The van der Waals surface area contributed by atoms with Crippen LogP contribution in [-0.4, -0.2) is 18.4 Å². The summed E-state index contributed by atoms with van der Waals surface area (Å²) in [5.41, 5.74) is 1.44. The molecule has 2 heterocycles. The van der Waals surface area contributed by atoms with Crippen molar-refractivity contribution >= 4 is 38.2 Å². The Morgan fingerprint density at radius 1 is 1.15 bits per heavy atom. The fraction of sp³-hybridized carbons (Fsp3) is 0. The number of fused-ring (bicyclic) bond motifs is 1. The normalized spacial score (nSPS) is 11.7. The van der Waals surface area contributed by atoms with Crippen LogP contribution in [0.2, 0.25) is 5.15 Å². The number of sulfonamides is 1. The maximum Gasteiger partial charge on any atom is 0.263 e. The molecule has 0 aliphatic carbocycles. The quantitative estimate of drug-likeness (QED) is 0.730. The number of benzene rings is 1. The number of aromatic nitrogens is 2. The third-order valence-electron chi connectivity index (χ3n) is 2.82. The minimum Gasteiger partial charge on any atom is -0.361 e. The minimum absolute atomic E-state index is 0.0658. The molecule has 2 N–H and O–H groups in total. The van der Waals surface area contributed by atoms with E-state index in [1.54, 1.807) is 18.3 Å². The molecule has 0 aliphatic heterocycles. The Morgan fingerprint density at radius 3 is 2.75 bits per heavy atom. The molecule has 0 atom stereocenters. The van der Waals surface area contributed by atoms with E-state index in [9.17, 15) is 8.42 Å². The molecule has 0 aliphatic rings. The number of rotatable bonds is 3. The lowest BCUT2D eigenvalue weighted by molar-refractivity contribution is 0.601. The molecule has 1 aromatic carbocycles. The molecule has 20 heavy (non-hydrogen) atoms. The summed E-state index contributed by atoms with van der Waals surface area (Å²) >= 11 is 5.64. The first-order valence-electron chi connectivity index (χ1n) is 5.76. The summed E-state index contributed by atoms with van der Waals surface area (Å²) < 4.78 is 26.9. The summed E-state index contributed by atoms with van der Waals surface area (Å²) in [4.78, 5) is 6.88. The van der Waals surface area contributed by atoms with Crippen molar-refractivity contribution in [2.24, 2.45) is 0 Å². The van der Waals surface area contributed by atoms with Gasteiger partial charge in [-0.15, -0.1) is 0 Å². The molecule has 7 heteroatoms. The van der Waals surface area contributed by atoms with Crippen LogP contribution in [0.15, 0.2) is 53.7 Å². The summed E-state index contributed by atoms with van der Waals surface area (Å²) in [6, 6.07) is 9.98. The van der Waals surface area contributed by atoms with Gasteiger partial charge in [-0.25, -0.2) is 13.4 Å². The van der Waals surface area contributed by atoms with Crippen LogP contribution in [0.3, 0.4) is 0 Å². The van der Waals surface area contributed by atoms with Crippen molar-refractivity contribution in [1.82, 2.24) is 9.97 Å². The van der Waals surface area contributed by atoms with Gasteiger partial charge in [0.2, 0.25) is 0 Å². The highest BCUT2D eigenvalue weighted by Gasteiger charge is 2.14. The second-order valence-electron chi connectivity index (χ2n) is 4.20. The summed E-state index contributed by atoms with van der Waals surface area (Å²) in [5, 5.41) is 1.18. The maximum atomic E-state index is 12.2. The Bertz CT molecular complexity index is 857. The van der Waals surface area contributed by atoms with Crippen LogP contribution in [0.4, 0.5) is 5.69 Å². The van der Waals surface area contributed by atoms with E-state index in [2.05, 4.69) is 14.7 Å². The number of H-pyrrole nitrogens is 1. The molecular formula is C13H10ClN3O2S. The van der Waals surface area contributed by atoms with Gasteiger partial charge in [0.1, 0.15) is 10.0 Å². The predicted molar refractivity (Wildman–Crippen MR) is 78.4 cm³/mol. The van der Waals surface area contributed by atoms with E-state index >= 15 is 0 Å². The first kappa shape index (κ1) is 13.0. The fourth-order valence-corrected chi connectivity index (χ4v) is 2.96. The number of nitrogens with zero attached hydrogens (tertiary/aromatic N) is 1. The smallest absolute Gasteiger partial charge is 0.263 e. The highest BCUT2D eigenvalue weighted by Crippen LogP contribution is 2.21. The molecular weight excluding hydrogens is 298 g/mol. The van der Waals surface area contributed by atoms with Gasteiger partial charge in [-0.05, 0) is 36.4 Å². The van der Waals surface area contributed by atoms with Gasteiger partial charge in [-0.3, -0.25) is 4.72 Å². The standard InChI is InChI=1S/C13H10ClN3O2S/c14-13-4-2-11(8-16-13)20(18,19)17-10-1-3-12-9(7-10)5-6-15-12/h1-8,15,17H. The third kappa shape index (κ3) is 2.48. The second kappa shape index (κ2) is 4.81. The first-order chi connectivity index (χ1) is 9.54. The molecule has 0 unspecified atom stereocenters. The highest BCUT2D eigenvalue weighted by molar-refractivity contribution is 7.92. The van der Waals surface area contributed by atoms with Crippen molar-refractivity contribution < 1.29 is 8.42 Å². The van der Waals surface area contributed by atoms with Crippen molar-refractivity contribution in [1.29, 1.82) is 0 Å². The molecule has 0 saturated carbocycles. The molecule has 3 rings (SSSR count). The minimum atomic E-state index is -3.66. The van der Waals surface area contributed by atoms with Crippen molar-refractivity contribution in [2.45, 2.75) is 4.90 Å². The Hall–Kier alpha value is -2.05. The lowest BCUT2D eigenvalue weighted by Crippen LogP contribution is -2.13. The van der Waals surface area contributed by atoms with Gasteiger partial charge in [0.25, 0.3) is 10.0 Å². The monoisotopic (exact) mass is 307 g/mol. The molecule has 0 bridgehead atoms. The Labute approximate surface area is 120 Å². The van der Waals surface area contributed by atoms with Gasteiger partial charge in [-0.1, -0.05) is 11.6 Å². The summed E-state index contributed by atoms with van der Waals surface area (Å²) in [5.74, 6) is 0. The van der Waals surface area contributed by atoms with E-state index in [1.165, 1.54) is 18.3 Å². The van der Waals surface area contributed by atoms with Gasteiger partial charge in [0.05, 0.1) is 0 Å². The molecule has 0 spiro atoms. The van der Waals surface area contributed by atoms with Crippen LogP contribution in [0.25, 0.3) is 10.9 Å². The number of anilines is 1. The molecule has 3 aromatic rings. The van der Waals surface area contributed by atoms with Crippen molar-refractivity contribution in [3.05, 3.63) is 53.9 Å². The Kier molecular flexibility index (Phi) is 3.11. The number of hydrogen-bond acceptors (Lipinski definition) is 3. The number of hydrogen-bond donors (Lipinski definition) is 2. The third-order valence-corrected chi connectivity index (χ3v) is 4.41. The molecule has 2 aromatic heterocycles. The molecule has 0 fully saturated rings. The van der Waals surface area contributed by atoms with Crippen molar-refractivity contribution in [2.75, 3.05) is 4.72 Å². The zero-order valence-corrected chi connectivity index (χ0v) is 11.7. The van der Waals surface area contributed by atoms with Gasteiger partial charge in [0, 0.05) is 29.0 Å². The average molecular weight is 308 g/mol. The molecule has 5 nitrogen and oxygen atoms in total. The van der Waals surface area contributed by atoms with Crippen LogP contribution in [0.1, 0.15) is 0 Å². The first-order valence-corrected chi connectivity index (χ1v) is 7.62. The number of pyridine rings is 1. The SMILES string of the molecule is O=S(=O)(Nc1ccc2[nH]ccc2c1)c1ccc(Cl)nc1. The molecule has 0 saturated heterocycles. The van der Waals surface area contributed by atoms with E-state index in [-0.39, 0.29) is 10.0 Å². The average Bonchev–Trinajstić information content (AvgIpc) is 2.86. The van der Waals surface area contributed by atoms with Crippen molar-refractivity contribution in [3.63, 3.8) is 0 Å². The van der Waals surface area contributed by atoms with Gasteiger partial charge >= 0.3 is 0 Å². The van der Waals surface area contributed by atoms with E-state index in [4.69, 9.17) is 11.6 Å². The van der Waals surface area contributed by atoms with Crippen LogP contribution < -0.4 is 4.72 Å². The van der Waals surface area contributed by atoms with E-state index in [0.29, 0.717) is 5.69 Å². The summed E-state index contributed by atoms with van der Waals surface area (Å²) in [6.45, 7) is 0. The predicted octanol–water partition coefficient (Wildman–Crippen LogP) is 3.02. The zero-order valence-electron chi connectivity index (χ0n) is 10.2. The number of nitrogens with one attached hydrogen (secondary N) is 2. The lowest BCUT2D eigenvalue weighted by atomic mass is 10.2. The Morgan fingerprint density at radius 2 is 2.00 bits per heavy atom. The zero-order chi connectivity index (χ0) is 14.2. The molecule has 102 valence electrons. The number of aromatic amines is 1. The highest BCUT2D eigenvalue weighted by atomic mass is 35.5. The van der Waals surface area contributed by atoms with Crippen LogP contribution in [0, 0.1) is 0 Å². The van der Waals surface area contributed by atoms with Crippen LogP contribution in [0.5, 0.6) is 0 Å². The largest absolute Gasteiger partial charge is 0.361 e. The topological polar surface area (TPSA) is 74.8 Å². The fourth-order valence-electron chi connectivity index (χ4n) is 1.85. The summed E-state index contributed by atoms with van der Waals surface area (Å²) in [7, 11) is -3.66. The van der Waals surface area contributed by atoms with Crippen molar-refractivity contribution in [3.8, 4) is 0 Å². The van der Waals surface area contributed by atoms with E-state index < -0.39 is 10.0 Å². The number of halogens is 1. The maximum absolute atomic E-state index is 12.2. The second-order valence-corrected chi connectivity index (χ2v) is 6.27. The van der Waals surface area contributed by atoms with Gasteiger partial charge < -0.3 is 4.98 Å². The summed E-state index contributed by atoms with van der Waals surface area (Å²) in [6.07, 6.45) is 3.02. The van der Waals surface area contributed by atoms with Gasteiger partial charge in [-0.2, -0.15) is 0 Å². The molecule has 0 amide bonds. The van der Waals surface area contributed by atoms with Gasteiger partial charge in [0.15, 0.2) is 0 Å². The lowest BCUT2D eigenvalue weighted by Gasteiger charge is -2.07. The van der Waals surface area contributed by atoms with E-state index in [0.717, 1.165) is 10.9 Å². The van der Waals surface area contributed by atoms with Crippen LogP contribution >= 0.6 is 11.6 Å².